The summed E-state index contributed by atoms with van der Waals surface area (Å²) < 4.78 is 17.0. The van der Waals surface area contributed by atoms with Crippen LogP contribution in [-0.2, 0) is 14.0 Å². The van der Waals surface area contributed by atoms with Crippen molar-refractivity contribution in [2.45, 2.75) is 45.3 Å². The molecule has 1 aromatic carbocycles. The van der Waals surface area contributed by atoms with Gasteiger partial charge in [-0.1, -0.05) is 25.1 Å². The highest BCUT2D eigenvalue weighted by Crippen LogP contribution is 2.39. The summed E-state index contributed by atoms with van der Waals surface area (Å²) in [4.78, 5) is 11.8. The summed E-state index contributed by atoms with van der Waals surface area (Å²) in [5.74, 6) is -0.379. The Kier molecular flexibility index (Phi) is 3.94. The maximum absolute atomic E-state index is 11.8. The molecule has 1 aliphatic heterocycles. The summed E-state index contributed by atoms with van der Waals surface area (Å²) in [5, 5.41) is 0. The Morgan fingerprint density at radius 3 is 2.45 bits per heavy atom. The molecule has 1 aromatic rings. The van der Waals surface area contributed by atoms with Gasteiger partial charge in [-0.15, -0.1) is 0 Å². The van der Waals surface area contributed by atoms with E-state index in [1.54, 1.807) is 12.1 Å². The molecule has 0 spiro atoms. The molecule has 1 heterocycles. The monoisotopic (exact) mass is 276 g/mol. The molecule has 1 unspecified atom stereocenters. The fraction of sp³-hybridized carbons (Fsp3) is 0.533. The van der Waals surface area contributed by atoms with Gasteiger partial charge in [0.25, 0.3) is 0 Å². The van der Waals surface area contributed by atoms with Crippen molar-refractivity contribution in [2.75, 3.05) is 7.11 Å². The number of hydrogen-bond donors (Lipinski definition) is 0. The second-order valence-electron chi connectivity index (χ2n) is 5.74. The normalized spacial score (nSPS) is 24.8. The zero-order valence-corrected chi connectivity index (χ0v) is 12.7. The molecule has 108 valence electrons. The molecule has 1 atom stereocenters. The number of benzene rings is 1. The van der Waals surface area contributed by atoms with Crippen molar-refractivity contribution in [1.29, 1.82) is 0 Å². The van der Waals surface area contributed by atoms with Gasteiger partial charge in [0.15, 0.2) is 0 Å². The van der Waals surface area contributed by atoms with Crippen LogP contribution in [0.4, 0.5) is 0 Å². The average Bonchev–Trinajstić information content (AvgIpc) is 2.69. The van der Waals surface area contributed by atoms with Crippen molar-refractivity contribution < 1.29 is 18.8 Å². The van der Waals surface area contributed by atoms with Crippen LogP contribution in [0.3, 0.4) is 0 Å². The van der Waals surface area contributed by atoms with E-state index in [9.17, 15) is 4.79 Å². The van der Waals surface area contributed by atoms with Gasteiger partial charge in [0.05, 0.1) is 23.9 Å². The largest absolute Gasteiger partial charge is 0.495 e. The number of carbonyl (C=O) groups is 1. The van der Waals surface area contributed by atoms with Gasteiger partial charge in [-0.05, 0) is 38.7 Å². The minimum Gasteiger partial charge on any atom is -0.465 e. The second kappa shape index (κ2) is 5.22. The number of ether oxygens (including phenoxy) is 1. The summed E-state index contributed by atoms with van der Waals surface area (Å²) in [6, 6.07) is 7.23. The number of rotatable bonds is 3. The van der Waals surface area contributed by atoms with Gasteiger partial charge in [0.1, 0.15) is 0 Å². The Balaban J connectivity index is 2.38. The van der Waals surface area contributed by atoms with E-state index in [4.69, 9.17) is 14.0 Å². The molecule has 2 rings (SSSR count). The van der Waals surface area contributed by atoms with Crippen molar-refractivity contribution in [1.82, 2.24) is 0 Å². The Labute approximate surface area is 120 Å². The minimum atomic E-state index is -0.551. The first kappa shape index (κ1) is 15.1. The maximum atomic E-state index is 11.8. The highest BCUT2D eigenvalue weighted by atomic mass is 16.7. The highest BCUT2D eigenvalue weighted by Gasteiger charge is 2.54. The average molecular weight is 276 g/mol. The maximum Gasteiger partial charge on any atom is 0.495 e. The first-order valence-electron chi connectivity index (χ1n) is 6.87. The summed E-state index contributed by atoms with van der Waals surface area (Å²) >= 11 is 0. The van der Waals surface area contributed by atoms with Gasteiger partial charge in [-0.2, -0.15) is 0 Å². The van der Waals surface area contributed by atoms with E-state index < -0.39 is 12.7 Å². The van der Waals surface area contributed by atoms with Crippen LogP contribution in [0.5, 0.6) is 0 Å². The van der Waals surface area contributed by atoms with Crippen molar-refractivity contribution in [3.63, 3.8) is 0 Å². The van der Waals surface area contributed by atoms with Crippen LogP contribution in [0, 0.1) is 0 Å². The molecule has 5 heteroatoms. The lowest BCUT2D eigenvalue weighted by Crippen LogP contribution is -2.44. The first-order valence-corrected chi connectivity index (χ1v) is 6.87. The Morgan fingerprint density at radius 1 is 1.25 bits per heavy atom. The second-order valence-corrected chi connectivity index (χ2v) is 5.74. The minimum absolute atomic E-state index is 0.379. The van der Waals surface area contributed by atoms with Crippen molar-refractivity contribution in [3.8, 4) is 0 Å². The molecule has 1 saturated heterocycles. The molecule has 20 heavy (non-hydrogen) atoms. The van der Waals surface area contributed by atoms with Crippen LogP contribution < -0.4 is 5.46 Å². The molecular formula is C15H21BO4. The van der Waals surface area contributed by atoms with E-state index in [0.717, 1.165) is 6.42 Å². The summed E-state index contributed by atoms with van der Waals surface area (Å²) in [6.07, 6.45) is 0.830. The van der Waals surface area contributed by atoms with E-state index >= 15 is 0 Å². The quantitative estimate of drug-likeness (QED) is 0.627. The molecule has 0 saturated carbocycles. The topological polar surface area (TPSA) is 44.8 Å². The molecule has 0 aliphatic carbocycles. The standard InChI is InChI=1S/C15H21BO4/c1-6-15(4)14(2,3)19-16(20-15)12-10-8-7-9-11(12)13(17)18-5/h7-10H,6H2,1-5H3. The predicted molar refractivity (Wildman–Crippen MR) is 78.1 cm³/mol. The van der Waals surface area contributed by atoms with Crippen molar-refractivity contribution >= 4 is 18.6 Å². The molecular weight excluding hydrogens is 255 g/mol. The van der Waals surface area contributed by atoms with Gasteiger partial charge < -0.3 is 14.0 Å². The van der Waals surface area contributed by atoms with E-state index in [-0.39, 0.29) is 11.6 Å². The van der Waals surface area contributed by atoms with Crippen LogP contribution in [0.2, 0.25) is 0 Å². The molecule has 0 aromatic heterocycles. The summed E-state index contributed by atoms with van der Waals surface area (Å²) in [7, 11) is 0.820. The van der Waals surface area contributed by atoms with Crippen LogP contribution in [0.25, 0.3) is 0 Å². The third kappa shape index (κ3) is 2.36. The van der Waals surface area contributed by atoms with Crippen LogP contribution in [-0.4, -0.2) is 31.4 Å². The summed E-state index contributed by atoms with van der Waals surface area (Å²) in [6.45, 7) is 8.13. The Bertz CT molecular complexity index is 514. The fourth-order valence-corrected chi connectivity index (χ4v) is 2.43. The fourth-order valence-electron chi connectivity index (χ4n) is 2.43. The van der Waals surface area contributed by atoms with E-state index in [1.165, 1.54) is 7.11 Å². The van der Waals surface area contributed by atoms with E-state index in [2.05, 4.69) is 6.92 Å². The van der Waals surface area contributed by atoms with Gasteiger partial charge in [-0.3, -0.25) is 0 Å². The molecule has 0 radical (unpaired) electrons. The summed E-state index contributed by atoms with van der Waals surface area (Å²) in [5.41, 5.74) is 0.386. The van der Waals surface area contributed by atoms with Crippen molar-refractivity contribution in [2.24, 2.45) is 0 Å². The van der Waals surface area contributed by atoms with Crippen LogP contribution in [0.15, 0.2) is 24.3 Å². The lowest BCUT2D eigenvalue weighted by atomic mass is 9.76. The SMILES string of the molecule is CCC1(C)OB(c2ccccc2C(=O)OC)OC1(C)C. The smallest absolute Gasteiger partial charge is 0.465 e. The van der Waals surface area contributed by atoms with E-state index in [0.29, 0.717) is 11.0 Å². The van der Waals surface area contributed by atoms with Crippen LogP contribution in [0.1, 0.15) is 44.5 Å². The third-order valence-electron chi connectivity index (χ3n) is 4.34. The molecule has 0 amide bonds. The highest BCUT2D eigenvalue weighted by molar-refractivity contribution is 6.63. The predicted octanol–water partition coefficient (Wildman–Crippen LogP) is 2.16. The van der Waals surface area contributed by atoms with Crippen molar-refractivity contribution in [3.05, 3.63) is 29.8 Å². The number of hydrogen-bond acceptors (Lipinski definition) is 4. The zero-order valence-electron chi connectivity index (χ0n) is 12.7. The molecule has 0 bridgehead atoms. The molecule has 1 fully saturated rings. The Hall–Kier alpha value is -1.33. The molecule has 1 aliphatic rings. The third-order valence-corrected chi connectivity index (χ3v) is 4.34. The van der Waals surface area contributed by atoms with Gasteiger partial charge in [0.2, 0.25) is 0 Å². The first-order chi connectivity index (χ1) is 9.34. The van der Waals surface area contributed by atoms with Gasteiger partial charge in [0, 0.05) is 0 Å². The number of carbonyl (C=O) groups excluding carboxylic acids is 1. The lowest BCUT2D eigenvalue weighted by molar-refractivity contribution is -0.0118. The number of methoxy groups -OCH3 is 1. The molecule has 4 nitrogen and oxygen atoms in total. The van der Waals surface area contributed by atoms with Crippen LogP contribution >= 0.6 is 0 Å². The van der Waals surface area contributed by atoms with Gasteiger partial charge >= 0.3 is 13.1 Å². The Morgan fingerprint density at radius 2 is 1.90 bits per heavy atom. The lowest BCUT2D eigenvalue weighted by Gasteiger charge is -2.35. The zero-order chi connectivity index (χ0) is 15.0. The molecule has 0 N–H and O–H groups in total. The number of esters is 1. The van der Waals surface area contributed by atoms with Gasteiger partial charge in [-0.25, -0.2) is 4.79 Å². The van der Waals surface area contributed by atoms with E-state index in [1.807, 2.05) is 32.9 Å².